The van der Waals surface area contributed by atoms with Crippen molar-refractivity contribution in [2.24, 2.45) is 0 Å². The van der Waals surface area contributed by atoms with Crippen LogP contribution >= 0.6 is 0 Å². The zero-order valence-corrected chi connectivity index (χ0v) is 12.7. The fourth-order valence-electron chi connectivity index (χ4n) is 2.07. The molecule has 2 aromatic rings. The third-order valence-corrected chi connectivity index (χ3v) is 3.39. The lowest BCUT2D eigenvalue weighted by molar-refractivity contribution is -0.127. The molecule has 0 heterocycles. The number of amides is 1. The number of anilines is 1. The number of rotatable bonds is 6. The summed E-state index contributed by atoms with van der Waals surface area (Å²) in [5.74, 6) is 0.125. The van der Waals surface area contributed by atoms with Crippen molar-refractivity contribution in [3.63, 3.8) is 0 Å². The largest absolute Gasteiger partial charge is 0.385 e. The molecule has 2 aromatic carbocycles. The van der Waals surface area contributed by atoms with Crippen LogP contribution in [0.1, 0.15) is 11.1 Å². The van der Waals surface area contributed by atoms with E-state index in [-0.39, 0.29) is 5.91 Å². The monoisotopic (exact) mass is 282 g/mol. The predicted octanol–water partition coefficient (Wildman–Crippen LogP) is 2.97. The molecule has 0 fully saturated rings. The van der Waals surface area contributed by atoms with Gasteiger partial charge in [0.15, 0.2) is 0 Å². The van der Waals surface area contributed by atoms with Crippen LogP contribution in [0.15, 0.2) is 54.6 Å². The Morgan fingerprint density at radius 3 is 2.24 bits per heavy atom. The second kappa shape index (κ2) is 7.48. The van der Waals surface area contributed by atoms with Gasteiger partial charge in [-0.1, -0.05) is 42.5 Å². The van der Waals surface area contributed by atoms with Crippen LogP contribution < -0.4 is 5.32 Å². The summed E-state index contributed by atoms with van der Waals surface area (Å²) in [5, 5.41) is 3.40. The van der Waals surface area contributed by atoms with Gasteiger partial charge in [-0.05, 0) is 29.7 Å². The van der Waals surface area contributed by atoms with E-state index in [9.17, 15) is 4.79 Å². The van der Waals surface area contributed by atoms with Crippen molar-refractivity contribution < 1.29 is 4.79 Å². The van der Waals surface area contributed by atoms with E-state index in [2.05, 4.69) is 29.6 Å². The van der Waals surface area contributed by atoms with Crippen molar-refractivity contribution in [1.29, 1.82) is 0 Å². The summed E-state index contributed by atoms with van der Waals surface area (Å²) in [6, 6.07) is 18.5. The second-order valence-corrected chi connectivity index (χ2v) is 5.32. The molecule has 0 atom stereocenters. The first kappa shape index (κ1) is 15.1. The molecule has 0 unspecified atom stereocenters. The van der Waals surface area contributed by atoms with Crippen LogP contribution in [0.3, 0.4) is 0 Å². The fraction of sp³-hybridized carbons (Fsp3) is 0.278. The van der Waals surface area contributed by atoms with Gasteiger partial charge >= 0.3 is 0 Å². The van der Waals surface area contributed by atoms with Gasteiger partial charge in [-0.15, -0.1) is 0 Å². The molecule has 3 heteroatoms. The van der Waals surface area contributed by atoms with Gasteiger partial charge in [-0.2, -0.15) is 0 Å². The number of hydrogen-bond donors (Lipinski definition) is 1. The van der Waals surface area contributed by atoms with Crippen LogP contribution in [0.4, 0.5) is 5.69 Å². The van der Waals surface area contributed by atoms with Gasteiger partial charge in [0.25, 0.3) is 0 Å². The van der Waals surface area contributed by atoms with Gasteiger partial charge in [0, 0.05) is 26.3 Å². The quantitative estimate of drug-likeness (QED) is 0.883. The summed E-state index contributed by atoms with van der Waals surface area (Å²) in [5.41, 5.74) is 3.47. The summed E-state index contributed by atoms with van der Waals surface area (Å²) >= 11 is 0. The molecule has 0 bridgehead atoms. The highest BCUT2D eigenvalue weighted by Crippen LogP contribution is 2.11. The summed E-state index contributed by atoms with van der Waals surface area (Å²) in [6.45, 7) is 0.903. The van der Waals surface area contributed by atoms with Crippen molar-refractivity contribution in [1.82, 2.24) is 4.90 Å². The maximum absolute atomic E-state index is 11.6. The lowest BCUT2D eigenvalue weighted by Crippen LogP contribution is -2.23. The van der Waals surface area contributed by atoms with E-state index in [1.807, 2.05) is 30.3 Å². The van der Waals surface area contributed by atoms with E-state index in [1.165, 1.54) is 5.56 Å². The first-order chi connectivity index (χ1) is 10.1. The van der Waals surface area contributed by atoms with Gasteiger partial charge in [-0.3, -0.25) is 4.79 Å². The normalized spacial score (nSPS) is 10.2. The van der Waals surface area contributed by atoms with Crippen molar-refractivity contribution in [3.05, 3.63) is 65.7 Å². The zero-order valence-electron chi connectivity index (χ0n) is 12.7. The Kier molecular flexibility index (Phi) is 5.38. The molecule has 0 aromatic heterocycles. The van der Waals surface area contributed by atoms with Gasteiger partial charge in [0.2, 0.25) is 5.91 Å². The second-order valence-electron chi connectivity index (χ2n) is 5.32. The average Bonchev–Trinajstić information content (AvgIpc) is 2.50. The molecular formula is C18H22N2O. The molecule has 0 aliphatic heterocycles. The average molecular weight is 282 g/mol. The number of carbonyl (C=O) groups is 1. The minimum atomic E-state index is 0.125. The van der Waals surface area contributed by atoms with Crippen LogP contribution in [0.5, 0.6) is 0 Å². The standard InChI is InChI=1S/C18H22N2O/c1-20(2)18(21)14-16-8-10-17(11-9-16)19-13-12-15-6-4-3-5-7-15/h3-11,19H,12-14H2,1-2H3. The Morgan fingerprint density at radius 2 is 1.62 bits per heavy atom. The molecule has 2 rings (SSSR count). The minimum Gasteiger partial charge on any atom is -0.385 e. The number of nitrogens with zero attached hydrogens (tertiary/aromatic N) is 1. The van der Waals surface area contributed by atoms with Crippen molar-refractivity contribution in [2.45, 2.75) is 12.8 Å². The summed E-state index contributed by atoms with van der Waals surface area (Å²) in [7, 11) is 3.56. The van der Waals surface area contributed by atoms with Crippen LogP contribution in [-0.4, -0.2) is 31.4 Å². The first-order valence-corrected chi connectivity index (χ1v) is 7.22. The van der Waals surface area contributed by atoms with Gasteiger partial charge < -0.3 is 10.2 Å². The lowest BCUT2D eigenvalue weighted by Gasteiger charge is -2.11. The van der Waals surface area contributed by atoms with E-state index in [4.69, 9.17) is 0 Å². The maximum atomic E-state index is 11.6. The van der Waals surface area contributed by atoms with Crippen LogP contribution in [0.2, 0.25) is 0 Å². The third kappa shape index (κ3) is 4.95. The van der Waals surface area contributed by atoms with Crippen LogP contribution in [0, 0.1) is 0 Å². The van der Waals surface area contributed by atoms with Gasteiger partial charge in [0.1, 0.15) is 0 Å². The molecule has 0 spiro atoms. The van der Waals surface area contributed by atoms with E-state index in [1.54, 1.807) is 19.0 Å². The van der Waals surface area contributed by atoms with E-state index in [0.717, 1.165) is 24.2 Å². The van der Waals surface area contributed by atoms with Crippen LogP contribution in [0.25, 0.3) is 0 Å². The molecule has 21 heavy (non-hydrogen) atoms. The third-order valence-electron chi connectivity index (χ3n) is 3.39. The molecule has 1 N–H and O–H groups in total. The molecular weight excluding hydrogens is 260 g/mol. The smallest absolute Gasteiger partial charge is 0.226 e. The van der Waals surface area contributed by atoms with Crippen molar-refractivity contribution in [2.75, 3.05) is 26.0 Å². The summed E-state index contributed by atoms with van der Waals surface area (Å²) < 4.78 is 0. The fourth-order valence-corrected chi connectivity index (χ4v) is 2.07. The Morgan fingerprint density at radius 1 is 0.952 bits per heavy atom. The highest BCUT2D eigenvalue weighted by Gasteiger charge is 2.05. The number of hydrogen-bond acceptors (Lipinski definition) is 2. The molecule has 3 nitrogen and oxygen atoms in total. The molecule has 0 radical (unpaired) electrons. The number of carbonyl (C=O) groups excluding carboxylic acids is 1. The summed E-state index contributed by atoms with van der Waals surface area (Å²) in [4.78, 5) is 13.3. The summed E-state index contributed by atoms with van der Waals surface area (Å²) in [6.07, 6.45) is 1.46. The highest BCUT2D eigenvalue weighted by atomic mass is 16.2. The van der Waals surface area contributed by atoms with Gasteiger partial charge in [-0.25, -0.2) is 0 Å². The molecule has 1 amide bonds. The van der Waals surface area contributed by atoms with E-state index >= 15 is 0 Å². The van der Waals surface area contributed by atoms with Crippen molar-refractivity contribution in [3.8, 4) is 0 Å². The topological polar surface area (TPSA) is 32.3 Å². The SMILES string of the molecule is CN(C)C(=O)Cc1ccc(NCCc2ccccc2)cc1. The number of likely N-dealkylation sites (N-methyl/N-ethyl adjacent to an activating group) is 1. The van der Waals surface area contributed by atoms with E-state index in [0.29, 0.717) is 6.42 Å². The molecule has 0 saturated carbocycles. The Hall–Kier alpha value is -2.29. The lowest BCUT2D eigenvalue weighted by atomic mass is 10.1. The number of nitrogens with one attached hydrogen (secondary N) is 1. The maximum Gasteiger partial charge on any atom is 0.226 e. The molecule has 0 saturated heterocycles. The Bertz CT molecular complexity index is 562. The van der Waals surface area contributed by atoms with Gasteiger partial charge in [0.05, 0.1) is 6.42 Å². The Labute approximate surface area is 126 Å². The first-order valence-electron chi connectivity index (χ1n) is 7.22. The Balaban J connectivity index is 1.81. The van der Waals surface area contributed by atoms with Crippen molar-refractivity contribution >= 4 is 11.6 Å². The predicted molar refractivity (Wildman–Crippen MR) is 87.5 cm³/mol. The number of benzene rings is 2. The highest BCUT2D eigenvalue weighted by molar-refractivity contribution is 5.78. The zero-order chi connectivity index (χ0) is 15.1. The minimum absolute atomic E-state index is 0.125. The molecule has 110 valence electrons. The molecule has 0 aliphatic carbocycles. The van der Waals surface area contributed by atoms with Crippen LogP contribution in [-0.2, 0) is 17.6 Å². The van der Waals surface area contributed by atoms with E-state index < -0.39 is 0 Å². The molecule has 0 aliphatic rings.